The summed E-state index contributed by atoms with van der Waals surface area (Å²) in [5.74, 6) is 0.197. The van der Waals surface area contributed by atoms with Crippen LogP contribution in [0.3, 0.4) is 0 Å². The number of nitriles is 1. The molecule has 0 atom stereocenters. The van der Waals surface area contributed by atoms with E-state index in [1.807, 2.05) is 26.0 Å². The van der Waals surface area contributed by atoms with Gasteiger partial charge in [0.2, 0.25) is 0 Å². The topological polar surface area (TPSA) is 94.6 Å². The van der Waals surface area contributed by atoms with Crippen LogP contribution < -0.4 is 4.74 Å². The molecule has 1 aromatic carbocycles. The van der Waals surface area contributed by atoms with Crippen LogP contribution in [0, 0.1) is 21.4 Å². The van der Waals surface area contributed by atoms with Gasteiger partial charge >= 0.3 is 0 Å². The van der Waals surface area contributed by atoms with E-state index in [9.17, 15) is 10.1 Å². The van der Waals surface area contributed by atoms with Gasteiger partial charge in [-0.05, 0) is 19.9 Å². The highest BCUT2D eigenvalue weighted by atomic mass is 31.2. The van der Waals surface area contributed by atoms with E-state index in [0.717, 1.165) is 0 Å². The minimum atomic E-state index is -0.939. The van der Waals surface area contributed by atoms with E-state index in [1.54, 1.807) is 6.08 Å². The fourth-order valence-corrected chi connectivity index (χ4v) is 2.82. The Morgan fingerprint density at radius 1 is 1.30 bits per heavy atom. The molecule has 0 heterocycles. The Kier molecular flexibility index (Phi) is 8.85. The van der Waals surface area contributed by atoms with Crippen molar-refractivity contribution < 1.29 is 18.7 Å². The predicted octanol–water partition coefficient (Wildman–Crippen LogP) is 3.79. The van der Waals surface area contributed by atoms with Crippen molar-refractivity contribution in [2.45, 2.75) is 13.8 Å². The van der Waals surface area contributed by atoms with Crippen LogP contribution in [0.5, 0.6) is 5.75 Å². The molecule has 0 aromatic heterocycles. The molecule has 0 unspecified atom stereocenters. The number of nitro benzene ring substituents is 1. The zero-order valence-corrected chi connectivity index (χ0v) is 14.0. The molecule has 8 heteroatoms. The second kappa shape index (κ2) is 10.7. The molecule has 0 saturated carbocycles. The molecule has 0 aliphatic rings. The van der Waals surface area contributed by atoms with E-state index >= 15 is 0 Å². The third kappa shape index (κ3) is 6.74. The van der Waals surface area contributed by atoms with Crippen LogP contribution in [0.25, 0.3) is 0 Å². The van der Waals surface area contributed by atoms with Crippen molar-refractivity contribution >= 4 is 14.1 Å². The minimum Gasteiger partial charge on any atom is -0.488 e. The van der Waals surface area contributed by atoms with Crippen molar-refractivity contribution in [3.8, 4) is 11.8 Å². The van der Waals surface area contributed by atoms with Gasteiger partial charge in [-0.1, -0.05) is 12.2 Å². The van der Waals surface area contributed by atoms with Gasteiger partial charge in [-0.15, -0.1) is 0 Å². The molecule has 0 N–H and O–H groups in total. The number of nitro groups is 1. The van der Waals surface area contributed by atoms with E-state index in [4.69, 9.17) is 19.0 Å². The van der Waals surface area contributed by atoms with Crippen molar-refractivity contribution in [2.24, 2.45) is 0 Å². The number of non-ortho nitro benzene ring substituents is 1. The monoisotopic (exact) mass is 338 g/mol. The maximum atomic E-state index is 10.8. The van der Waals surface area contributed by atoms with E-state index in [1.165, 1.54) is 18.2 Å². The molecular weight excluding hydrogens is 319 g/mol. The lowest BCUT2D eigenvalue weighted by Crippen LogP contribution is -1.98. The molecule has 0 spiro atoms. The van der Waals surface area contributed by atoms with Crippen LogP contribution in [0.2, 0.25) is 0 Å². The van der Waals surface area contributed by atoms with Gasteiger partial charge in [0.1, 0.15) is 18.4 Å². The van der Waals surface area contributed by atoms with Crippen molar-refractivity contribution in [3.63, 3.8) is 0 Å². The number of ether oxygens (including phenoxy) is 1. The molecular formula is C15H19N2O5P. The Hall–Kier alpha value is -2.00. The Morgan fingerprint density at radius 2 is 2.00 bits per heavy atom. The number of rotatable bonds is 10. The molecule has 0 bridgehead atoms. The largest absolute Gasteiger partial charge is 0.488 e. The lowest BCUT2D eigenvalue weighted by atomic mass is 10.2. The molecule has 1 aromatic rings. The number of allylic oxidation sites excluding steroid dienone is 1. The molecule has 124 valence electrons. The fourth-order valence-electron chi connectivity index (χ4n) is 1.63. The van der Waals surface area contributed by atoms with Gasteiger partial charge in [0.05, 0.1) is 29.8 Å². The average Bonchev–Trinajstić information content (AvgIpc) is 2.54. The number of hydrogen-bond acceptors (Lipinski definition) is 6. The first-order valence-corrected chi connectivity index (χ1v) is 8.48. The summed E-state index contributed by atoms with van der Waals surface area (Å²) in [6.07, 6.45) is 4.29. The lowest BCUT2D eigenvalue weighted by Gasteiger charge is -2.13. The third-order valence-corrected chi connectivity index (χ3v) is 4.20. The van der Waals surface area contributed by atoms with Gasteiger partial charge < -0.3 is 13.8 Å². The van der Waals surface area contributed by atoms with E-state index in [2.05, 4.69) is 0 Å². The number of benzene rings is 1. The third-order valence-electron chi connectivity index (χ3n) is 2.60. The van der Waals surface area contributed by atoms with Gasteiger partial charge in [0.15, 0.2) is 8.38 Å². The Labute approximate surface area is 136 Å². The normalized spacial score (nSPS) is 10.9. The van der Waals surface area contributed by atoms with Crippen LogP contribution in [0.15, 0.2) is 30.4 Å². The molecule has 0 radical (unpaired) electrons. The first-order valence-electron chi connectivity index (χ1n) is 7.12. The van der Waals surface area contributed by atoms with E-state index < -0.39 is 13.3 Å². The molecule has 1 rings (SSSR count). The van der Waals surface area contributed by atoms with Crippen molar-refractivity contribution in [1.82, 2.24) is 0 Å². The van der Waals surface area contributed by atoms with Gasteiger partial charge in [-0.3, -0.25) is 10.1 Å². The van der Waals surface area contributed by atoms with Crippen molar-refractivity contribution in [2.75, 3.05) is 26.0 Å². The molecule has 23 heavy (non-hydrogen) atoms. The van der Waals surface area contributed by atoms with Gasteiger partial charge in [-0.2, -0.15) is 5.26 Å². The summed E-state index contributed by atoms with van der Waals surface area (Å²) < 4.78 is 16.3. The van der Waals surface area contributed by atoms with Crippen LogP contribution in [-0.2, 0) is 9.05 Å². The maximum absolute atomic E-state index is 10.8. The molecule has 0 amide bonds. The van der Waals surface area contributed by atoms with Crippen LogP contribution >= 0.6 is 8.38 Å². The molecule has 0 fully saturated rings. The zero-order valence-electron chi connectivity index (χ0n) is 13.1. The summed E-state index contributed by atoms with van der Waals surface area (Å²) in [6, 6.07) is 5.85. The van der Waals surface area contributed by atoms with Gasteiger partial charge in [-0.25, -0.2) is 0 Å². The Morgan fingerprint density at radius 3 is 2.57 bits per heavy atom. The first kappa shape index (κ1) is 19.0. The second-order valence-corrected chi connectivity index (χ2v) is 5.73. The maximum Gasteiger partial charge on any atom is 0.273 e. The quantitative estimate of drug-likeness (QED) is 0.279. The van der Waals surface area contributed by atoms with Crippen LogP contribution in [0.4, 0.5) is 5.69 Å². The second-order valence-electron chi connectivity index (χ2n) is 4.18. The lowest BCUT2D eigenvalue weighted by molar-refractivity contribution is -0.384. The standard InChI is InChI=1S/C15H19N2O5P/c1-3-21-23(22-4-2)10-6-5-9-20-15-11-14(17(18)19)8-7-13(15)12-16/h5-8,11H,3-4,9-10H2,1-2H3/b6-5+. The molecule has 0 aliphatic carbocycles. The fraction of sp³-hybridized carbons (Fsp3) is 0.400. The summed E-state index contributed by atoms with van der Waals surface area (Å²) >= 11 is 0. The van der Waals surface area contributed by atoms with Gasteiger partial charge in [0, 0.05) is 12.2 Å². The van der Waals surface area contributed by atoms with Crippen molar-refractivity contribution in [3.05, 3.63) is 46.0 Å². The van der Waals surface area contributed by atoms with Gasteiger partial charge in [0.25, 0.3) is 5.69 Å². The highest BCUT2D eigenvalue weighted by Gasteiger charge is 2.11. The SMILES string of the molecule is CCOP(C/C=C/COc1cc([N+](=O)[O-])ccc1C#N)OCC. The zero-order chi connectivity index (χ0) is 17.1. The highest BCUT2D eigenvalue weighted by molar-refractivity contribution is 7.47. The highest BCUT2D eigenvalue weighted by Crippen LogP contribution is 2.37. The first-order chi connectivity index (χ1) is 11.1. The molecule has 0 saturated heterocycles. The molecule has 7 nitrogen and oxygen atoms in total. The summed E-state index contributed by atoms with van der Waals surface area (Å²) in [6.45, 7) is 5.21. The summed E-state index contributed by atoms with van der Waals surface area (Å²) in [7, 11) is -0.939. The minimum absolute atomic E-state index is 0.112. The Bertz CT molecular complexity index is 580. The summed E-state index contributed by atoms with van der Waals surface area (Å²) in [5, 5.41) is 19.7. The number of nitrogens with zero attached hydrogens (tertiary/aromatic N) is 2. The summed E-state index contributed by atoms with van der Waals surface area (Å²) in [4.78, 5) is 10.2. The average molecular weight is 338 g/mol. The summed E-state index contributed by atoms with van der Waals surface area (Å²) in [5.41, 5.74) is 0.147. The number of hydrogen-bond donors (Lipinski definition) is 0. The predicted molar refractivity (Wildman–Crippen MR) is 87.5 cm³/mol. The Balaban J connectivity index is 2.57. The molecule has 0 aliphatic heterocycles. The van der Waals surface area contributed by atoms with E-state index in [-0.39, 0.29) is 23.6 Å². The van der Waals surface area contributed by atoms with Crippen LogP contribution in [-0.4, -0.2) is 30.9 Å². The smallest absolute Gasteiger partial charge is 0.273 e. The van der Waals surface area contributed by atoms with Crippen molar-refractivity contribution in [1.29, 1.82) is 5.26 Å². The van der Waals surface area contributed by atoms with E-state index in [0.29, 0.717) is 19.4 Å². The van der Waals surface area contributed by atoms with Crippen LogP contribution in [0.1, 0.15) is 19.4 Å².